The van der Waals surface area contributed by atoms with E-state index in [-0.39, 0.29) is 0 Å². The van der Waals surface area contributed by atoms with Crippen LogP contribution in [0.3, 0.4) is 0 Å². The van der Waals surface area contributed by atoms with Gasteiger partial charge in [-0.05, 0) is 12.3 Å². The van der Waals surface area contributed by atoms with Crippen LogP contribution in [0.1, 0.15) is 6.42 Å². The van der Waals surface area contributed by atoms with Gasteiger partial charge in [-0.1, -0.05) is 0 Å². The van der Waals surface area contributed by atoms with Crippen LogP contribution in [-0.2, 0) is 4.74 Å². The Kier molecular flexibility index (Phi) is 2.98. The molecule has 2 heterocycles. The molecule has 2 saturated heterocycles. The molecule has 0 spiro atoms. The van der Waals surface area contributed by atoms with E-state index in [4.69, 9.17) is 4.74 Å². The minimum absolute atomic E-state index is 0.808. The van der Waals surface area contributed by atoms with E-state index < -0.39 is 0 Å². The largest absolute Gasteiger partial charge is 0.381 e. The highest BCUT2D eigenvalue weighted by atomic mass is 16.5. The van der Waals surface area contributed by atoms with Gasteiger partial charge in [0.25, 0.3) is 0 Å². The van der Waals surface area contributed by atoms with Gasteiger partial charge in [0.1, 0.15) is 0 Å². The smallest absolute Gasteiger partial charge is 0.0507 e. The van der Waals surface area contributed by atoms with Gasteiger partial charge in [0.2, 0.25) is 0 Å². The molecule has 3 nitrogen and oxygen atoms in total. The third-order valence-corrected chi connectivity index (χ3v) is 2.75. The summed E-state index contributed by atoms with van der Waals surface area (Å²) in [6.07, 6.45) is 1.27. The first-order valence-electron chi connectivity index (χ1n) is 4.96. The normalized spacial score (nSPS) is 32.5. The summed E-state index contributed by atoms with van der Waals surface area (Å²) in [7, 11) is 0. The Morgan fingerprint density at radius 2 is 2.17 bits per heavy atom. The number of hydrogen-bond acceptors (Lipinski definition) is 3. The summed E-state index contributed by atoms with van der Waals surface area (Å²) in [5, 5.41) is 3.37. The lowest BCUT2D eigenvalue weighted by molar-refractivity contribution is 0.160. The average Bonchev–Trinajstić information content (AvgIpc) is 2.59. The molecule has 0 amide bonds. The van der Waals surface area contributed by atoms with Gasteiger partial charge in [0.15, 0.2) is 0 Å². The minimum Gasteiger partial charge on any atom is -0.381 e. The molecule has 0 unspecified atom stereocenters. The Morgan fingerprint density at radius 1 is 1.33 bits per heavy atom. The number of nitrogens with one attached hydrogen (secondary N) is 1. The third kappa shape index (κ3) is 2.19. The van der Waals surface area contributed by atoms with Crippen molar-refractivity contribution in [1.29, 1.82) is 0 Å². The quantitative estimate of drug-likeness (QED) is 0.628. The third-order valence-electron chi connectivity index (χ3n) is 2.75. The fourth-order valence-corrected chi connectivity index (χ4v) is 1.99. The molecule has 0 aromatic carbocycles. The Hall–Kier alpha value is -0.120. The fourth-order valence-electron chi connectivity index (χ4n) is 1.99. The van der Waals surface area contributed by atoms with Crippen molar-refractivity contribution in [3.8, 4) is 0 Å². The fraction of sp³-hybridized carbons (Fsp3) is 1.00. The van der Waals surface area contributed by atoms with Gasteiger partial charge in [0, 0.05) is 39.3 Å². The highest BCUT2D eigenvalue weighted by molar-refractivity contribution is 4.73. The highest BCUT2D eigenvalue weighted by Crippen LogP contribution is 2.13. The first-order chi connectivity index (χ1) is 5.95. The molecule has 2 fully saturated rings. The van der Waals surface area contributed by atoms with Crippen LogP contribution in [0, 0.1) is 5.92 Å². The first kappa shape index (κ1) is 8.48. The molecule has 12 heavy (non-hydrogen) atoms. The van der Waals surface area contributed by atoms with Crippen LogP contribution < -0.4 is 5.32 Å². The number of piperazine rings is 1. The number of rotatable bonds is 2. The molecule has 3 heteroatoms. The summed E-state index contributed by atoms with van der Waals surface area (Å²) >= 11 is 0. The SMILES string of the molecule is C1CN(C[C@@H]2CCOC2)CCN1. The van der Waals surface area contributed by atoms with Crippen molar-refractivity contribution in [2.75, 3.05) is 45.9 Å². The molecule has 0 radical (unpaired) electrons. The molecular formula is C9H18N2O. The predicted octanol–water partition coefficient (Wildman–Crippen LogP) is -0.0719. The Bertz CT molecular complexity index is 128. The Morgan fingerprint density at radius 3 is 2.83 bits per heavy atom. The van der Waals surface area contributed by atoms with Crippen molar-refractivity contribution in [2.45, 2.75) is 6.42 Å². The summed E-state index contributed by atoms with van der Waals surface area (Å²) < 4.78 is 5.36. The second kappa shape index (κ2) is 4.21. The molecule has 0 bridgehead atoms. The van der Waals surface area contributed by atoms with Crippen LogP contribution in [0.5, 0.6) is 0 Å². The van der Waals surface area contributed by atoms with Gasteiger partial charge in [-0.15, -0.1) is 0 Å². The molecule has 0 saturated carbocycles. The monoisotopic (exact) mass is 170 g/mol. The van der Waals surface area contributed by atoms with Gasteiger partial charge in [-0.25, -0.2) is 0 Å². The van der Waals surface area contributed by atoms with Crippen molar-refractivity contribution >= 4 is 0 Å². The average molecular weight is 170 g/mol. The lowest BCUT2D eigenvalue weighted by Gasteiger charge is -2.28. The predicted molar refractivity (Wildman–Crippen MR) is 48.2 cm³/mol. The van der Waals surface area contributed by atoms with Crippen LogP contribution in [0.15, 0.2) is 0 Å². The van der Waals surface area contributed by atoms with Crippen LogP contribution in [0.2, 0.25) is 0 Å². The van der Waals surface area contributed by atoms with E-state index in [1.165, 1.54) is 26.1 Å². The van der Waals surface area contributed by atoms with Crippen LogP contribution in [-0.4, -0.2) is 50.8 Å². The van der Waals surface area contributed by atoms with E-state index in [1.54, 1.807) is 0 Å². The molecule has 2 aliphatic heterocycles. The van der Waals surface area contributed by atoms with Gasteiger partial charge in [-0.2, -0.15) is 0 Å². The van der Waals surface area contributed by atoms with Gasteiger partial charge in [0.05, 0.1) is 6.61 Å². The van der Waals surface area contributed by atoms with E-state index in [0.29, 0.717) is 0 Å². The van der Waals surface area contributed by atoms with Crippen molar-refractivity contribution in [1.82, 2.24) is 10.2 Å². The summed E-state index contributed by atoms with van der Waals surface area (Å²) in [5.41, 5.74) is 0. The maximum absolute atomic E-state index is 5.36. The molecule has 70 valence electrons. The van der Waals surface area contributed by atoms with Crippen molar-refractivity contribution in [3.63, 3.8) is 0 Å². The van der Waals surface area contributed by atoms with Crippen molar-refractivity contribution < 1.29 is 4.74 Å². The summed E-state index contributed by atoms with van der Waals surface area (Å²) in [5.74, 6) is 0.808. The summed E-state index contributed by atoms with van der Waals surface area (Å²) in [6.45, 7) is 7.98. The maximum Gasteiger partial charge on any atom is 0.0507 e. The van der Waals surface area contributed by atoms with E-state index in [0.717, 1.165) is 32.2 Å². The molecule has 0 aromatic heterocycles. The molecule has 1 N–H and O–H groups in total. The zero-order valence-electron chi connectivity index (χ0n) is 7.59. The molecule has 2 aliphatic rings. The second-order valence-electron chi connectivity index (χ2n) is 3.78. The first-order valence-corrected chi connectivity index (χ1v) is 4.96. The minimum atomic E-state index is 0.808. The van der Waals surface area contributed by atoms with Crippen LogP contribution >= 0.6 is 0 Å². The van der Waals surface area contributed by atoms with Crippen LogP contribution in [0.4, 0.5) is 0 Å². The standard InChI is InChI=1S/C9H18N2O/c1-6-12-8-9(1)7-11-4-2-10-3-5-11/h9-10H,1-8H2/t9-/m0/s1. The molecule has 1 atom stereocenters. The van der Waals surface area contributed by atoms with Gasteiger partial charge >= 0.3 is 0 Å². The van der Waals surface area contributed by atoms with E-state index in [1.807, 2.05) is 0 Å². The van der Waals surface area contributed by atoms with E-state index >= 15 is 0 Å². The topological polar surface area (TPSA) is 24.5 Å². The lowest BCUT2D eigenvalue weighted by atomic mass is 10.1. The van der Waals surface area contributed by atoms with E-state index in [9.17, 15) is 0 Å². The zero-order chi connectivity index (χ0) is 8.23. The number of nitrogens with zero attached hydrogens (tertiary/aromatic N) is 1. The second-order valence-corrected chi connectivity index (χ2v) is 3.78. The van der Waals surface area contributed by atoms with Crippen LogP contribution in [0.25, 0.3) is 0 Å². The molecular weight excluding hydrogens is 152 g/mol. The zero-order valence-corrected chi connectivity index (χ0v) is 7.59. The summed E-state index contributed by atoms with van der Waals surface area (Å²) in [6, 6.07) is 0. The van der Waals surface area contributed by atoms with Gasteiger partial charge < -0.3 is 15.0 Å². The lowest BCUT2D eigenvalue weighted by Crippen LogP contribution is -2.45. The maximum atomic E-state index is 5.36. The number of ether oxygens (including phenoxy) is 1. The molecule has 2 rings (SSSR count). The summed E-state index contributed by atoms with van der Waals surface area (Å²) in [4.78, 5) is 2.55. The Labute approximate surface area is 74.1 Å². The highest BCUT2D eigenvalue weighted by Gasteiger charge is 2.19. The molecule has 0 aliphatic carbocycles. The number of hydrogen-bond donors (Lipinski definition) is 1. The van der Waals surface area contributed by atoms with Gasteiger partial charge in [-0.3, -0.25) is 0 Å². The van der Waals surface area contributed by atoms with E-state index in [2.05, 4.69) is 10.2 Å². The molecule has 0 aromatic rings. The van der Waals surface area contributed by atoms with Crippen molar-refractivity contribution in [2.24, 2.45) is 5.92 Å². The van der Waals surface area contributed by atoms with Crippen molar-refractivity contribution in [3.05, 3.63) is 0 Å². The Balaban J connectivity index is 1.69.